The van der Waals surface area contributed by atoms with Crippen molar-refractivity contribution in [3.63, 3.8) is 0 Å². The minimum absolute atomic E-state index is 0.0150. The molecular weight excluding hydrogens is 714 g/mol. The SMILES string of the molecule is CCCC(=O)C(N)[C@H](Cc1ccc(O)cc1)C(=O)[C@H](Cc1ccccc1)NC(=O)CNC(=O)[C@H](CCCN=C(N)N)NC(=O)[C@H](CCC(=O)O)NC(=O)CN. The number of ketones is 2. The first-order valence-electron chi connectivity index (χ1n) is 17.9. The second-order valence-electron chi connectivity index (χ2n) is 12.9. The van der Waals surface area contributed by atoms with Crippen LogP contribution in [0.25, 0.3) is 0 Å². The molecule has 0 radical (unpaired) electrons. The number of nitrogens with zero attached hydrogens (tertiary/aromatic N) is 1. The van der Waals surface area contributed by atoms with Crippen LogP contribution in [0, 0.1) is 5.92 Å². The molecule has 0 spiro atoms. The fourth-order valence-corrected chi connectivity index (χ4v) is 5.63. The molecule has 0 aliphatic heterocycles. The molecule has 2 aromatic carbocycles. The van der Waals surface area contributed by atoms with E-state index in [1.165, 1.54) is 12.1 Å². The second kappa shape index (κ2) is 23.7. The lowest BCUT2D eigenvalue weighted by Crippen LogP contribution is -2.56. The standard InChI is InChI=1S/C37H53N9O9/c1-2-7-29(48)33(39)25(18-23-11-13-24(47)14-12-23)34(53)28(19-22-8-4-3-5-9-22)45-31(50)21-43-35(54)26(10-6-17-42-37(40)41)46-36(55)27(15-16-32(51)52)44-30(49)20-38/h3-5,8-9,11-14,25-28,33,47H,2,6-7,10,15-21,38-39H2,1H3,(H,43,54)(H,44,49)(H,45,50)(H,46,55)(H,51,52)(H4,40,41,42)/t25-,26-,27-,28-,33?/m0/s1. The molecule has 55 heavy (non-hydrogen) atoms. The number of hydrogen-bond acceptors (Lipinski definition) is 11. The summed E-state index contributed by atoms with van der Waals surface area (Å²) < 4.78 is 0. The quantitative estimate of drug-likeness (QED) is 0.0313. The summed E-state index contributed by atoms with van der Waals surface area (Å²) in [4.78, 5) is 94.3. The number of hydrogen-bond donors (Lipinski definition) is 10. The third kappa shape index (κ3) is 16.8. The highest BCUT2D eigenvalue weighted by atomic mass is 16.4. The van der Waals surface area contributed by atoms with Gasteiger partial charge < -0.3 is 54.4 Å². The fraction of sp³-hybridized carbons (Fsp3) is 0.459. The van der Waals surface area contributed by atoms with Crippen molar-refractivity contribution in [1.82, 2.24) is 21.3 Å². The first-order valence-corrected chi connectivity index (χ1v) is 17.9. The zero-order valence-corrected chi connectivity index (χ0v) is 30.9. The van der Waals surface area contributed by atoms with E-state index in [-0.39, 0.29) is 62.6 Å². The monoisotopic (exact) mass is 767 g/mol. The van der Waals surface area contributed by atoms with Crippen molar-refractivity contribution in [2.24, 2.45) is 33.8 Å². The van der Waals surface area contributed by atoms with E-state index in [9.17, 15) is 38.7 Å². The molecule has 0 heterocycles. The number of guanidine groups is 1. The molecule has 0 bridgehead atoms. The number of nitrogens with two attached hydrogens (primary N) is 4. The molecule has 0 fully saturated rings. The van der Waals surface area contributed by atoms with Gasteiger partial charge in [-0.1, -0.05) is 49.4 Å². The van der Waals surface area contributed by atoms with Gasteiger partial charge in [0.15, 0.2) is 11.7 Å². The van der Waals surface area contributed by atoms with Crippen molar-refractivity contribution < 1.29 is 43.8 Å². The number of Topliss-reactive ketones (excluding diaryl/α,β-unsaturated/α-hetero) is 2. The van der Waals surface area contributed by atoms with E-state index in [0.717, 1.165) is 0 Å². The van der Waals surface area contributed by atoms with Crippen LogP contribution in [-0.2, 0) is 46.4 Å². The van der Waals surface area contributed by atoms with Gasteiger partial charge in [0.05, 0.1) is 25.2 Å². The van der Waals surface area contributed by atoms with Gasteiger partial charge in [-0.05, 0) is 61.8 Å². The lowest BCUT2D eigenvalue weighted by atomic mass is 9.82. The molecule has 0 aliphatic carbocycles. The molecule has 18 heteroatoms. The van der Waals surface area contributed by atoms with Crippen LogP contribution < -0.4 is 44.2 Å². The number of aliphatic imine (C=N–C) groups is 1. The molecule has 0 aromatic heterocycles. The molecule has 18 nitrogen and oxygen atoms in total. The van der Waals surface area contributed by atoms with Gasteiger partial charge in [-0.15, -0.1) is 0 Å². The van der Waals surface area contributed by atoms with E-state index in [1.807, 2.05) is 6.92 Å². The number of carboxylic acids is 1. The van der Waals surface area contributed by atoms with Crippen molar-refractivity contribution in [3.8, 4) is 5.75 Å². The summed E-state index contributed by atoms with van der Waals surface area (Å²) in [7, 11) is 0. The number of phenolic OH excluding ortho intramolecular Hbond substituents is 1. The average Bonchev–Trinajstić information content (AvgIpc) is 3.15. The van der Waals surface area contributed by atoms with Crippen LogP contribution >= 0.6 is 0 Å². The van der Waals surface area contributed by atoms with Gasteiger partial charge in [0.1, 0.15) is 23.6 Å². The summed E-state index contributed by atoms with van der Waals surface area (Å²) in [5, 5.41) is 28.8. The number of amides is 4. The van der Waals surface area contributed by atoms with Crippen LogP contribution in [0.15, 0.2) is 59.6 Å². The average molecular weight is 768 g/mol. The van der Waals surface area contributed by atoms with E-state index < -0.39 is 85.0 Å². The first-order chi connectivity index (χ1) is 26.1. The lowest BCUT2D eigenvalue weighted by Gasteiger charge is -2.27. The van der Waals surface area contributed by atoms with Gasteiger partial charge in [-0.3, -0.25) is 38.6 Å². The normalized spacial score (nSPS) is 13.5. The van der Waals surface area contributed by atoms with Gasteiger partial charge in [0.2, 0.25) is 23.6 Å². The van der Waals surface area contributed by atoms with E-state index in [0.29, 0.717) is 17.5 Å². The molecule has 0 saturated carbocycles. The predicted octanol–water partition coefficient (Wildman–Crippen LogP) is -1.49. The third-order valence-corrected chi connectivity index (χ3v) is 8.51. The maximum atomic E-state index is 14.3. The summed E-state index contributed by atoms with van der Waals surface area (Å²) in [6.07, 6.45) is 0.151. The fourth-order valence-electron chi connectivity index (χ4n) is 5.63. The Balaban J connectivity index is 2.32. The van der Waals surface area contributed by atoms with Crippen LogP contribution in [0.1, 0.15) is 56.6 Å². The van der Waals surface area contributed by atoms with Crippen LogP contribution in [0.2, 0.25) is 0 Å². The van der Waals surface area contributed by atoms with Crippen molar-refractivity contribution >= 4 is 47.1 Å². The number of rotatable bonds is 25. The minimum atomic E-state index is -1.33. The summed E-state index contributed by atoms with van der Waals surface area (Å²) >= 11 is 0. The highest BCUT2D eigenvalue weighted by Gasteiger charge is 2.36. The van der Waals surface area contributed by atoms with Crippen molar-refractivity contribution in [3.05, 3.63) is 65.7 Å². The zero-order chi connectivity index (χ0) is 40.9. The number of carbonyl (C=O) groups excluding carboxylic acids is 6. The topological polar surface area (TPSA) is 325 Å². The highest BCUT2D eigenvalue weighted by Crippen LogP contribution is 2.20. The Bertz CT molecular complexity index is 1630. The molecule has 300 valence electrons. The van der Waals surface area contributed by atoms with Gasteiger partial charge >= 0.3 is 5.97 Å². The van der Waals surface area contributed by atoms with Crippen LogP contribution in [0.4, 0.5) is 0 Å². The molecule has 0 aliphatic rings. The number of phenols is 1. The molecule has 4 amide bonds. The van der Waals surface area contributed by atoms with E-state index >= 15 is 0 Å². The van der Waals surface area contributed by atoms with Gasteiger partial charge in [0.25, 0.3) is 0 Å². The Morgan fingerprint density at radius 3 is 1.98 bits per heavy atom. The zero-order valence-electron chi connectivity index (χ0n) is 30.9. The maximum absolute atomic E-state index is 14.3. The summed E-state index contributed by atoms with van der Waals surface area (Å²) in [6.45, 7) is 0.798. The van der Waals surface area contributed by atoms with Crippen LogP contribution in [-0.4, -0.2) is 101 Å². The number of carboxylic acid groups (broad SMARTS) is 1. The van der Waals surface area contributed by atoms with Crippen molar-refractivity contribution in [2.45, 2.75) is 82.5 Å². The summed E-state index contributed by atoms with van der Waals surface area (Å²) in [5.74, 6) is -6.44. The van der Waals surface area contributed by atoms with E-state index in [1.54, 1.807) is 42.5 Å². The third-order valence-electron chi connectivity index (χ3n) is 8.51. The smallest absolute Gasteiger partial charge is 0.303 e. The van der Waals surface area contributed by atoms with E-state index in [2.05, 4.69) is 26.3 Å². The largest absolute Gasteiger partial charge is 0.508 e. The maximum Gasteiger partial charge on any atom is 0.303 e. The Kier molecular flexibility index (Phi) is 19.5. The van der Waals surface area contributed by atoms with Gasteiger partial charge in [-0.2, -0.15) is 0 Å². The Labute approximate surface area is 319 Å². The molecule has 0 saturated heterocycles. The number of carbonyl (C=O) groups is 7. The van der Waals surface area contributed by atoms with Crippen LogP contribution in [0.3, 0.4) is 0 Å². The second-order valence-corrected chi connectivity index (χ2v) is 12.9. The number of aliphatic carboxylic acids is 1. The summed E-state index contributed by atoms with van der Waals surface area (Å²) in [5.41, 5.74) is 23.9. The molecule has 14 N–H and O–H groups in total. The molecule has 2 aromatic rings. The predicted molar refractivity (Wildman–Crippen MR) is 203 cm³/mol. The van der Waals surface area contributed by atoms with E-state index in [4.69, 9.17) is 28.0 Å². The minimum Gasteiger partial charge on any atom is -0.508 e. The number of nitrogens with one attached hydrogen (secondary N) is 4. The number of benzene rings is 2. The summed E-state index contributed by atoms with van der Waals surface area (Å²) in [6, 6.07) is 9.98. The molecule has 1 unspecified atom stereocenters. The molecule has 2 rings (SSSR count). The van der Waals surface area contributed by atoms with Gasteiger partial charge in [-0.25, -0.2) is 0 Å². The van der Waals surface area contributed by atoms with Gasteiger partial charge in [0, 0.05) is 25.3 Å². The molecule has 5 atom stereocenters. The Hall–Kier alpha value is -5.88. The highest BCUT2D eigenvalue weighted by molar-refractivity contribution is 5.98. The molecular formula is C37H53N9O9. The van der Waals surface area contributed by atoms with Crippen molar-refractivity contribution in [2.75, 3.05) is 19.6 Å². The lowest BCUT2D eigenvalue weighted by molar-refractivity contribution is -0.138. The number of aromatic hydroxyl groups is 1. The van der Waals surface area contributed by atoms with Crippen LogP contribution in [0.5, 0.6) is 5.75 Å². The Morgan fingerprint density at radius 1 is 0.764 bits per heavy atom. The van der Waals surface area contributed by atoms with Crippen molar-refractivity contribution in [1.29, 1.82) is 0 Å². The first kappa shape index (κ1) is 45.3. The Morgan fingerprint density at radius 2 is 1.38 bits per heavy atom.